The van der Waals surface area contributed by atoms with Crippen molar-refractivity contribution >= 4 is 0 Å². The largest absolute Gasteiger partial charge is 0.454 e. The summed E-state index contributed by atoms with van der Waals surface area (Å²) in [4.78, 5) is 0. The van der Waals surface area contributed by atoms with E-state index in [1.165, 1.54) is 0 Å². The molecular formula is C13H16N2O2. The maximum Gasteiger partial charge on any atom is 0.165 e. The Morgan fingerprint density at radius 3 is 2.53 bits per heavy atom. The van der Waals surface area contributed by atoms with Crippen LogP contribution in [0.1, 0.15) is 25.0 Å². The summed E-state index contributed by atoms with van der Waals surface area (Å²) in [6, 6.07) is 7.45. The smallest absolute Gasteiger partial charge is 0.165 e. The molecule has 2 rings (SSSR count). The second kappa shape index (κ2) is 5.01. The van der Waals surface area contributed by atoms with Crippen molar-refractivity contribution in [2.75, 3.05) is 0 Å². The third kappa shape index (κ3) is 2.85. The third-order valence-electron chi connectivity index (χ3n) is 2.57. The maximum absolute atomic E-state index is 9.66. The number of aliphatic hydroxyl groups excluding tert-OH is 1. The van der Waals surface area contributed by atoms with Crippen LogP contribution in [0, 0.1) is 0 Å². The molecule has 0 spiro atoms. The molecule has 0 amide bonds. The normalized spacial score (nSPS) is 12.4. The first-order valence-corrected chi connectivity index (χ1v) is 5.63. The number of hydrogen-bond donors (Lipinski definition) is 1. The van der Waals surface area contributed by atoms with Gasteiger partial charge in [0.05, 0.1) is 18.5 Å². The number of ether oxygens (including phenoxy) is 1. The van der Waals surface area contributed by atoms with Gasteiger partial charge in [0.25, 0.3) is 0 Å². The minimum absolute atomic E-state index is 0.401. The fourth-order valence-electron chi connectivity index (χ4n) is 1.58. The van der Waals surface area contributed by atoms with Gasteiger partial charge in [-0.3, -0.25) is 4.68 Å². The number of benzene rings is 1. The second-order valence-electron chi connectivity index (χ2n) is 3.94. The summed E-state index contributed by atoms with van der Waals surface area (Å²) in [5.74, 6) is 1.45. The lowest BCUT2D eigenvalue weighted by molar-refractivity contribution is 0.173. The summed E-state index contributed by atoms with van der Waals surface area (Å²) in [7, 11) is 1.84. The summed E-state index contributed by atoms with van der Waals surface area (Å²) in [6.07, 6.45) is 3.77. The number of aryl methyl sites for hydroxylation is 1. The fourth-order valence-corrected chi connectivity index (χ4v) is 1.58. The zero-order valence-electron chi connectivity index (χ0n) is 10.00. The van der Waals surface area contributed by atoms with E-state index in [-0.39, 0.29) is 0 Å². The Hall–Kier alpha value is -1.81. The first kappa shape index (κ1) is 11.7. The number of hydrogen-bond acceptors (Lipinski definition) is 3. The molecule has 1 N–H and O–H groups in total. The summed E-state index contributed by atoms with van der Waals surface area (Å²) in [6.45, 7) is 1.95. The number of aromatic nitrogens is 2. The highest BCUT2D eigenvalue weighted by atomic mass is 16.5. The molecule has 0 aliphatic rings. The molecule has 0 bridgehead atoms. The lowest BCUT2D eigenvalue weighted by atomic mass is 10.1. The Morgan fingerprint density at radius 1 is 1.29 bits per heavy atom. The lowest BCUT2D eigenvalue weighted by Crippen LogP contribution is -1.94. The number of nitrogens with zero attached hydrogens (tertiary/aromatic N) is 2. The van der Waals surface area contributed by atoms with Gasteiger partial charge in [-0.1, -0.05) is 19.1 Å². The Balaban J connectivity index is 2.08. The van der Waals surface area contributed by atoms with E-state index in [1.807, 2.05) is 38.2 Å². The van der Waals surface area contributed by atoms with Crippen molar-refractivity contribution in [3.63, 3.8) is 0 Å². The average molecular weight is 232 g/mol. The lowest BCUT2D eigenvalue weighted by Gasteiger charge is -2.08. The van der Waals surface area contributed by atoms with Gasteiger partial charge in [-0.2, -0.15) is 5.10 Å². The summed E-state index contributed by atoms with van der Waals surface area (Å²) in [5.41, 5.74) is 0.908. The number of aliphatic hydroxyl groups is 1. The molecule has 1 atom stereocenters. The van der Waals surface area contributed by atoms with Crippen LogP contribution in [0.25, 0.3) is 0 Å². The van der Waals surface area contributed by atoms with E-state index in [4.69, 9.17) is 4.74 Å². The molecule has 4 heteroatoms. The van der Waals surface area contributed by atoms with Crippen molar-refractivity contribution in [1.29, 1.82) is 0 Å². The van der Waals surface area contributed by atoms with Gasteiger partial charge in [0.15, 0.2) is 5.75 Å². The Labute approximate surface area is 100 Å². The van der Waals surface area contributed by atoms with Crippen LogP contribution in [0.15, 0.2) is 36.7 Å². The Kier molecular flexibility index (Phi) is 3.44. The molecule has 4 nitrogen and oxygen atoms in total. The molecule has 1 aromatic carbocycles. The quantitative estimate of drug-likeness (QED) is 0.881. The topological polar surface area (TPSA) is 47.3 Å². The number of rotatable bonds is 4. The molecule has 1 heterocycles. The monoisotopic (exact) mass is 232 g/mol. The van der Waals surface area contributed by atoms with E-state index in [0.717, 1.165) is 11.3 Å². The van der Waals surface area contributed by atoms with Crippen LogP contribution < -0.4 is 4.74 Å². The van der Waals surface area contributed by atoms with Gasteiger partial charge in [-0.15, -0.1) is 0 Å². The molecule has 2 aromatic rings. The SMILES string of the molecule is CCC(O)c1ccc(Oc2cnn(C)c2)cc1. The van der Waals surface area contributed by atoms with Gasteiger partial charge in [-0.05, 0) is 24.1 Å². The highest BCUT2D eigenvalue weighted by Crippen LogP contribution is 2.23. The standard InChI is InChI=1S/C13H16N2O2/c1-3-13(16)10-4-6-11(7-5-10)17-12-8-14-15(2)9-12/h4-9,13,16H,3H2,1-2H3. The molecule has 0 radical (unpaired) electrons. The van der Waals surface area contributed by atoms with Gasteiger partial charge in [0.2, 0.25) is 0 Å². The highest BCUT2D eigenvalue weighted by Gasteiger charge is 2.05. The van der Waals surface area contributed by atoms with Crippen molar-refractivity contribution in [3.8, 4) is 11.5 Å². The zero-order chi connectivity index (χ0) is 12.3. The summed E-state index contributed by atoms with van der Waals surface area (Å²) < 4.78 is 7.29. The first-order chi connectivity index (χ1) is 8.19. The van der Waals surface area contributed by atoms with Crippen molar-refractivity contribution in [2.24, 2.45) is 7.05 Å². The predicted molar refractivity (Wildman–Crippen MR) is 65.0 cm³/mol. The molecule has 0 saturated carbocycles. The van der Waals surface area contributed by atoms with Crippen molar-refractivity contribution in [2.45, 2.75) is 19.4 Å². The molecular weight excluding hydrogens is 216 g/mol. The van der Waals surface area contributed by atoms with Gasteiger partial charge in [0.1, 0.15) is 5.75 Å². The van der Waals surface area contributed by atoms with E-state index < -0.39 is 6.10 Å². The van der Waals surface area contributed by atoms with Crippen molar-refractivity contribution in [1.82, 2.24) is 9.78 Å². The third-order valence-corrected chi connectivity index (χ3v) is 2.57. The molecule has 0 saturated heterocycles. The van der Waals surface area contributed by atoms with Gasteiger partial charge in [-0.25, -0.2) is 0 Å². The van der Waals surface area contributed by atoms with Crippen molar-refractivity contribution < 1.29 is 9.84 Å². The second-order valence-corrected chi connectivity index (χ2v) is 3.94. The van der Waals surface area contributed by atoms with E-state index >= 15 is 0 Å². The van der Waals surface area contributed by atoms with Crippen LogP contribution >= 0.6 is 0 Å². The van der Waals surface area contributed by atoms with Crippen LogP contribution in [0.2, 0.25) is 0 Å². The highest BCUT2D eigenvalue weighted by molar-refractivity contribution is 5.32. The maximum atomic E-state index is 9.66. The zero-order valence-corrected chi connectivity index (χ0v) is 10.00. The van der Waals surface area contributed by atoms with Gasteiger partial charge >= 0.3 is 0 Å². The Bertz CT molecular complexity index is 476. The Morgan fingerprint density at radius 2 is 2.00 bits per heavy atom. The minimum atomic E-state index is -0.401. The summed E-state index contributed by atoms with van der Waals surface area (Å²) >= 11 is 0. The molecule has 0 aliphatic carbocycles. The van der Waals surface area contributed by atoms with Crippen LogP contribution in [0.4, 0.5) is 0 Å². The fraction of sp³-hybridized carbons (Fsp3) is 0.308. The molecule has 17 heavy (non-hydrogen) atoms. The molecule has 1 aromatic heterocycles. The molecule has 0 aliphatic heterocycles. The van der Waals surface area contributed by atoms with E-state index in [0.29, 0.717) is 12.2 Å². The molecule has 1 unspecified atom stereocenters. The molecule has 0 fully saturated rings. The van der Waals surface area contributed by atoms with E-state index in [2.05, 4.69) is 5.10 Å². The average Bonchev–Trinajstić information content (AvgIpc) is 2.75. The summed E-state index contributed by atoms with van der Waals surface area (Å²) in [5, 5.41) is 13.7. The van der Waals surface area contributed by atoms with Gasteiger partial charge < -0.3 is 9.84 Å². The van der Waals surface area contributed by atoms with Crippen LogP contribution in [0.3, 0.4) is 0 Å². The van der Waals surface area contributed by atoms with Crippen molar-refractivity contribution in [3.05, 3.63) is 42.2 Å². The first-order valence-electron chi connectivity index (χ1n) is 5.63. The van der Waals surface area contributed by atoms with Crippen LogP contribution in [0.5, 0.6) is 11.5 Å². The molecule has 90 valence electrons. The minimum Gasteiger partial charge on any atom is -0.454 e. The predicted octanol–water partition coefficient (Wildman–Crippen LogP) is 2.66. The van der Waals surface area contributed by atoms with Gasteiger partial charge in [0, 0.05) is 7.05 Å². The van der Waals surface area contributed by atoms with Crippen LogP contribution in [-0.2, 0) is 7.05 Å². The van der Waals surface area contributed by atoms with E-state index in [9.17, 15) is 5.11 Å². The van der Waals surface area contributed by atoms with E-state index in [1.54, 1.807) is 17.1 Å². The van der Waals surface area contributed by atoms with Crippen LogP contribution in [-0.4, -0.2) is 14.9 Å².